The number of hydrogen-bond donors (Lipinski definition) is 3. The molecule has 1 aliphatic carbocycles. The molecule has 3 N–H and O–H groups in total. The molecule has 0 bridgehead atoms. The van der Waals surface area contributed by atoms with Gasteiger partial charge < -0.3 is 15.5 Å². The van der Waals surface area contributed by atoms with E-state index in [1.807, 2.05) is 32.0 Å². The number of hydrogen-bond acceptors (Lipinski definition) is 6. The Morgan fingerprint density at radius 2 is 2.16 bits per heavy atom. The largest absolute Gasteiger partial charge is 0.368 e. The van der Waals surface area contributed by atoms with E-state index < -0.39 is 0 Å². The van der Waals surface area contributed by atoms with Gasteiger partial charge in [0.25, 0.3) is 5.91 Å². The summed E-state index contributed by atoms with van der Waals surface area (Å²) >= 11 is 0. The third kappa shape index (κ3) is 4.25. The molecule has 1 aromatic carbocycles. The lowest BCUT2D eigenvalue weighted by Gasteiger charge is -2.34. The minimum Gasteiger partial charge on any atom is -0.368 e. The number of fused-ring (bicyclic) bond motifs is 1. The molecule has 2 amide bonds. The zero-order valence-electron chi connectivity index (χ0n) is 18.5. The minimum absolute atomic E-state index is 0.00668. The number of carbonyl (C=O) groups is 2. The van der Waals surface area contributed by atoms with Crippen LogP contribution in [0.2, 0.25) is 0 Å². The van der Waals surface area contributed by atoms with Gasteiger partial charge in [-0.05, 0) is 62.8 Å². The molecule has 0 radical (unpaired) electrons. The lowest BCUT2D eigenvalue weighted by atomic mass is 9.90. The van der Waals surface area contributed by atoms with Gasteiger partial charge in [-0.3, -0.25) is 9.59 Å². The Bertz CT molecular complexity index is 893. The van der Waals surface area contributed by atoms with Crippen molar-refractivity contribution in [3.05, 3.63) is 29.3 Å². The number of benzene rings is 1. The predicted octanol–water partition coefficient (Wildman–Crippen LogP) is 1.84. The molecule has 1 aromatic rings. The summed E-state index contributed by atoms with van der Waals surface area (Å²) in [6.07, 6.45) is 3.37. The van der Waals surface area contributed by atoms with E-state index in [1.165, 1.54) is 0 Å². The predicted molar refractivity (Wildman–Crippen MR) is 118 cm³/mol. The summed E-state index contributed by atoms with van der Waals surface area (Å²) in [6.45, 7) is 5.20. The SMILES string of the molecule is CCN(C)C(=O)c1ccc(NC2NN([C@@H](CC#N)C3CC3)C3CCNC(=O)C23)cc1C. The molecule has 0 spiro atoms. The minimum atomic E-state index is -0.260. The van der Waals surface area contributed by atoms with Gasteiger partial charge in [-0.2, -0.15) is 5.26 Å². The van der Waals surface area contributed by atoms with E-state index in [2.05, 4.69) is 27.1 Å². The Hall–Kier alpha value is -2.63. The van der Waals surface area contributed by atoms with Crippen molar-refractivity contribution in [2.45, 2.75) is 57.8 Å². The number of amides is 2. The second-order valence-electron chi connectivity index (χ2n) is 8.95. The Balaban J connectivity index is 1.54. The number of aryl methyl sites for hydroxylation is 1. The van der Waals surface area contributed by atoms with E-state index in [-0.39, 0.29) is 36.0 Å². The fourth-order valence-corrected chi connectivity index (χ4v) is 4.89. The summed E-state index contributed by atoms with van der Waals surface area (Å²) in [7, 11) is 1.80. The number of nitriles is 1. The van der Waals surface area contributed by atoms with Crippen LogP contribution in [-0.4, -0.2) is 60.1 Å². The molecular weight excluding hydrogens is 392 g/mol. The molecule has 0 aromatic heterocycles. The van der Waals surface area contributed by atoms with Crippen LogP contribution in [0.15, 0.2) is 18.2 Å². The smallest absolute Gasteiger partial charge is 0.253 e. The highest BCUT2D eigenvalue weighted by Crippen LogP contribution is 2.41. The lowest BCUT2D eigenvalue weighted by Crippen LogP contribution is -2.52. The van der Waals surface area contributed by atoms with Crippen LogP contribution in [0, 0.1) is 30.1 Å². The number of nitrogens with zero attached hydrogens (tertiary/aromatic N) is 3. The Morgan fingerprint density at radius 3 is 2.81 bits per heavy atom. The Kier molecular flexibility index (Phi) is 6.17. The van der Waals surface area contributed by atoms with Crippen LogP contribution in [-0.2, 0) is 4.79 Å². The third-order valence-corrected chi connectivity index (χ3v) is 6.89. The number of carbonyl (C=O) groups excluding carboxylic acids is 2. The zero-order valence-corrected chi connectivity index (χ0v) is 18.5. The van der Waals surface area contributed by atoms with Crippen molar-refractivity contribution in [3.8, 4) is 6.07 Å². The summed E-state index contributed by atoms with van der Waals surface area (Å²) in [5, 5.41) is 18.0. The van der Waals surface area contributed by atoms with Crippen LogP contribution in [0.25, 0.3) is 0 Å². The summed E-state index contributed by atoms with van der Waals surface area (Å²) < 4.78 is 0. The van der Waals surface area contributed by atoms with E-state index in [4.69, 9.17) is 0 Å². The molecular formula is C23H32N6O2. The van der Waals surface area contributed by atoms with Gasteiger partial charge in [0.05, 0.1) is 18.4 Å². The molecule has 8 nitrogen and oxygen atoms in total. The van der Waals surface area contributed by atoms with Crippen LogP contribution in [0.5, 0.6) is 0 Å². The molecule has 4 rings (SSSR count). The highest BCUT2D eigenvalue weighted by atomic mass is 16.2. The molecule has 2 aliphatic heterocycles. The standard InChI is InChI=1S/C23H32N6O2/c1-4-28(3)23(31)17-8-7-16(13-14(17)2)26-21-20-19(10-12-25-22(20)30)29(27-21)18(9-11-24)15-5-6-15/h7-8,13,15,18-21,26-27H,4-6,9-10,12H2,1-3H3,(H,25,30)/t18-,19?,20?,21?/m0/s1. The van der Waals surface area contributed by atoms with E-state index >= 15 is 0 Å². The number of rotatable bonds is 7. The van der Waals surface area contributed by atoms with Gasteiger partial charge in [-0.1, -0.05) is 0 Å². The Morgan fingerprint density at radius 1 is 1.39 bits per heavy atom. The van der Waals surface area contributed by atoms with Gasteiger partial charge in [0.1, 0.15) is 6.17 Å². The molecule has 3 unspecified atom stereocenters. The van der Waals surface area contributed by atoms with Crippen molar-refractivity contribution in [2.24, 2.45) is 11.8 Å². The molecule has 3 aliphatic rings. The Labute approximate surface area is 183 Å². The van der Waals surface area contributed by atoms with Gasteiger partial charge >= 0.3 is 0 Å². The third-order valence-electron chi connectivity index (χ3n) is 6.89. The van der Waals surface area contributed by atoms with Crippen LogP contribution in [0.4, 0.5) is 5.69 Å². The molecule has 2 heterocycles. The number of nitrogens with one attached hydrogen (secondary N) is 3. The quantitative estimate of drug-likeness (QED) is 0.618. The average Bonchev–Trinajstić information content (AvgIpc) is 3.53. The van der Waals surface area contributed by atoms with Crippen molar-refractivity contribution in [1.29, 1.82) is 5.26 Å². The maximum absolute atomic E-state index is 12.8. The lowest BCUT2D eigenvalue weighted by molar-refractivity contribution is -0.128. The monoisotopic (exact) mass is 424 g/mol. The van der Waals surface area contributed by atoms with Crippen LogP contribution in [0.3, 0.4) is 0 Å². The molecule has 31 heavy (non-hydrogen) atoms. The first-order valence-electron chi connectivity index (χ1n) is 11.3. The van der Waals surface area contributed by atoms with E-state index in [0.717, 1.165) is 30.5 Å². The summed E-state index contributed by atoms with van der Waals surface area (Å²) in [4.78, 5) is 27.0. The fraction of sp³-hybridized carbons (Fsp3) is 0.609. The first-order chi connectivity index (χ1) is 14.9. The average molecular weight is 425 g/mol. The van der Waals surface area contributed by atoms with Gasteiger partial charge in [0.2, 0.25) is 5.91 Å². The maximum Gasteiger partial charge on any atom is 0.253 e. The first-order valence-corrected chi connectivity index (χ1v) is 11.3. The van der Waals surface area contributed by atoms with E-state index in [1.54, 1.807) is 11.9 Å². The molecule has 4 atom stereocenters. The zero-order chi connectivity index (χ0) is 22.1. The molecule has 3 fully saturated rings. The van der Waals surface area contributed by atoms with E-state index in [0.29, 0.717) is 31.0 Å². The number of anilines is 1. The van der Waals surface area contributed by atoms with Crippen molar-refractivity contribution in [1.82, 2.24) is 20.7 Å². The first kappa shape index (κ1) is 21.6. The molecule has 166 valence electrons. The summed E-state index contributed by atoms with van der Waals surface area (Å²) in [5.41, 5.74) is 5.99. The molecule has 1 saturated carbocycles. The van der Waals surface area contributed by atoms with Crippen LogP contribution in [0.1, 0.15) is 48.5 Å². The van der Waals surface area contributed by atoms with Crippen molar-refractivity contribution < 1.29 is 9.59 Å². The van der Waals surface area contributed by atoms with E-state index in [9.17, 15) is 14.9 Å². The second kappa shape index (κ2) is 8.85. The van der Waals surface area contributed by atoms with Gasteiger partial charge in [0.15, 0.2) is 0 Å². The van der Waals surface area contributed by atoms with Crippen molar-refractivity contribution in [2.75, 3.05) is 25.5 Å². The van der Waals surface area contributed by atoms with Crippen molar-refractivity contribution >= 4 is 17.5 Å². The second-order valence-corrected chi connectivity index (χ2v) is 8.95. The van der Waals surface area contributed by atoms with Crippen LogP contribution < -0.4 is 16.1 Å². The normalized spacial score (nSPS) is 26.5. The fourth-order valence-electron chi connectivity index (χ4n) is 4.89. The summed E-state index contributed by atoms with van der Waals surface area (Å²) in [5.74, 6) is 0.344. The van der Waals surface area contributed by atoms with Gasteiger partial charge in [-0.25, -0.2) is 10.4 Å². The highest BCUT2D eigenvalue weighted by molar-refractivity contribution is 5.96. The molecule has 8 heteroatoms. The molecule has 2 saturated heterocycles. The topological polar surface area (TPSA) is 100 Å². The van der Waals surface area contributed by atoms with Gasteiger partial charge in [-0.15, -0.1) is 0 Å². The van der Waals surface area contributed by atoms with Crippen molar-refractivity contribution in [3.63, 3.8) is 0 Å². The number of hydrazine groups is 1. The highest BCUT2D eigenvalue weighted by Gasteiger charge is 2.51. The summed E-state index contributed by atoms with van der Waals surface area (Å²) in [6, 6.07) is 8.26. The maximum atomic E-state index is 12.8. The van der Waals surface area contributed by atoms with Gasteiger partial charge in [0, 0.05) is 43.5 Å². The number of piperidine rings is 1. The van der Waals surface area contributed by atoms with Crippen LogP contribution >= 0.6 is 0 Å².